The molecule has 4 aromatic rings. The maximum atomic E-state index is 15.3. The first-order valence-electron chi connectivity index (χ1n) is 14.5. The third-order valence-corrected chi connectivity index (χ3v) is 8.67. The first-order valence-corrected chi connectivity index (χ1v) is 14.9. The lowest BCUT2D eigenvalue weighted by Crippen LogP contribution is -2.43. The van der Waals surface area contributed by atoms with Crippen molar-refractivity contribution in [2.24, 2.45) is 10.7 Å². The number of hydrogen-bond acceptors (Lipinski definition) is 7. The summed E-state index contributed by atoms with van der Waals surface area (Å²) < 4.78 is 35.2. The molecule has 2 heterocycles. The number of aliphatic imine (C=N–C) groups is 1. The Morgan fingerprint density at radius 3 is 2.59 bits per heavy atom. The number of nitrogen functional groups attached to an aromatic ring is 1. The van der Waals surface area contributed by atoms with Crippen molar-refractivity contribution in [3.8, 4) is 17.0 Å². The molecule has 0 unspecified atom stereocenters. The molecule has 1 fully saturated rings. The van der Waals surface area contributed by atoms with Crippen LogP contribution in [0.5, 0.6) is 5.75 Å². The zero-order valence-electron chi connectivity index (χ0n) is 24.7. The fourth-order valence-corrected chi connectivity index (χ4v) is 5.45. The van der Waals surface area contributed by atoms with E-state index in [1.807, 2.05) is 0 Å². The molecule has 12 heteroatoms. The number of anilines is 1. The van der Waals surface area contributed by atoms with E-state index in [-0.39, 0.29) is 51.5 Å². The number of hydrogen-bond donors (Lipinski definition) is 4. The van der Waals surface area contributed by atoms with Crippen molar-refractivity contribution in [1.29, 1.82) is 0 Å². The monoisotopic (exact) mass is 645 g/mol. The minimum Gasteiger partial charge on any atom is -0.489 e. The molecule has 2 amide bonds. The van der Waals surface area contributed by atoms with Crippen LogP contribution in [0.15, 0.2) is 71.7 Å². The third kappa shape index (κ3) is 5.67. The van der Waals surface area contributed by atoms with Gasteiger partial charge in [-0.3, -0.25) is 14.6 Å². The standard InChI is InChI=1S/C34H30ClF2N5O4/c1-33(32(39)44)17-46-30-23(33)13-28(42-29(30)22-12-24(35)26(37)14-25(22)36)34(45,20-5-3-2-4-6-20)16-41-31(43)18-7-10-27(38)19(11-18)15-40-21-8-9-21/h2-7,10-15,21,45H,8-9,16-17,38H2,1H3,(H2,39,44)(H,41,43)/t33-,34+/m0/s1. The SMILES string of the molecule is C[C@]1(C(N)=O)COc2c1cc([C@@](O)(CNC(=O)c1ccc(N)c(C=NC3CC3)c1)c1ccccc1)nc2-c1cc(Cl)c(F)cc1F. The van der Waals surface area contributed by atoms with Gasteiger partial charge in [-0.2, -0.15) is 0 Å². The van der Waals surface area contributed by atoms with Gasteiger partial charge in [0, 0.05) is 40.2 Å². The van der Waals surface area contributed by atoms with E-state index in [1.165, 1.54) is 6.07 Å². The van der Waals surface area contributed by atoms with Gasteiger partial charge in [-0.05, 0) is 55.7 Å². The molecule has 0 saturated heterocycles. The number of amides is 2. The second kappa shape index (κ2) is 11.8. The molecule has 3 aromatic carbocycles. The number of carbonyl (C=O) groups is 2. The number of aliphatic hydroxyl groups is 1. The summed E-state index contributed by atoms with van der Waals surface area (Å²) in [4.78, 5) is 35.2. The maximum Gasteiger partial charge on any atom is 0.251 e. The normalized spacial score (nSPS) is 18.5. The Kier molecular flexibility index (Phi) is 7.99. The smallest absolute Gasteiger partial charge is 0.251 e. The number of nitrogens with one attached hydrogen (secondary N) is 1. The fourth-order valence-electron chi connectivity index (χ4n) is 5.29. The molecule has 9 nitrogen and oxygen atoms in total. The Labute approximate surface area is 268 Å². The predicted molar refractivity (Wildman–Crippen MR) is 170 cm³/mol. The number of benzene rings is 3. The predicted octanol–water partition coefficient (Wildman–Crippen LogP) is 4.65. The van der Waals surface area contributed by atoms with Gasteiger partial charge in [0.15, 0.2) is 0 Å². The number of aromatic nitrogens is 1. The van der Waals surface area contributed by atoms with Gasteiger partial charge < -0.3 is 26.6 Å². The Hall–Kier alpha value is -4.87. The van der Waals surface area contributed by atoms with Gasteiger partial charge in [0.1, 0.15) is 40.7 Å². The number of nitrogens with zero attached hydrogens (tertiary/aromatic N) is 2. The van der Waals surface area contributed by atoms with E-state index in [1.54, 1.807) is 61.7 Å². The van der Waals surface area contributed by atoms with Crippen molar-refractivity contribution in [1.82, 2.24) is 10.3 Å². The van der Waals surface area contributed by atoms with E-state index in [0.717, 1.165) is 18.9 Å². The summed E-state index contributed by atoms with van der Waals surface area (Å²) in [6, 6.07) is 16.6. The van der Waals surface area contributed by atoms with E-state index in [0.29, 0.717) is 22.9 Å². The number of carbonyl (C=O) groups excluding carboxylic acids is 2. The van der Waals surface area contributed by atoms with Gasteiger partial charge in [0.05, 0.1) is 23.3 Å². The molecule has 46 heavy (non-hydrogen) atoms. The summed E-state index contributed by atoms with van der Waals surface area (Å²) in [5, 5.41) is 14.8. The maximum absolute atomic E-state index is 15.3. The number of nitrogens with two attached hydrogens (primary N) is 2. The lowest BCUT2D eigenvalue weighted by Gasteiger charge is -2.30. The van der Waals surface area contributed by atoms with Crippen LogP contribution in [0.3, 0.4) is 0 Å². The second-order valence-electron chi connectivity index (χ2n) is 11.7. The molecular weight excluding hydrogens is 616 g/mol. The summed E-state index contributed by atoms with van der Waals surface area (Å²) in [7, 11) is 0. The molecule has 6 rings (SSSR count). The Morgan fingerprint density at radius 1 is 1.15 bits per heavy atom. The number of pyridine rings is 1. The van der Waals surface area contributed by atoms with E-state index in [2.05, 4.69) is 15.3 Å². The average molecular weight is 646 g/mol. The van der Waals surface area contributed by atoms with Gasteiger partial charge in [0.2, 0.25) is 5.91 Å². The summed E-state index contributed by atoms with van der Waals surface area (Å²) in [5.41, 5.74) is 9.97. The molecule has 0 spiro atoms. The van der Waals surface area contributed by atoms with Gasteiger partial charge >= 0.3 is 0 Å². The molecule has 236 valence electrons. The zero-order chi connectivity index (χ0) is 32.8. The fraction of sp³-hybridized carbons (Fsp3) is 0.235. The molecule has 6 N–H and O–H groups in total. The summed E-state index contributed by atoms with van der Waals surface area (Å²) in [6.45, 7) is 0.978. The Morgan fingerprint density at radius 2 is 1.89 bits per heavy atom. The van der Waals surface area contributed by atoms with E-state index < -0.39 is 41.0 Å². The van der Waals surface area contributed by atoms with Crippen molar-refractivity contribution in [3.05, 3.63) is 111 Å². The minimum absolute atomic E-state index is 0.0355. The minimum atomic E-state index is -2.02. The molecule has 2 aliphatic rings. The lowest BCUT2D eigenvalue weighted by atomic mass is 9.80. The van der Waals surface area contributed by atoms with Gasteiger partial charge in [0.25, 0.3) is 5.91 Å². The number of rotatable bonds is 9. The number of fused-ring (bicyclic) bond motifs is 1. The molecule has 2 atom stereocenters. The number of halogens is 3. The number of primary amides is 1. The highest BCUT2D eigenvalue weighted by Crippen LogP contribution is 2.47. The largest absolute Gasteiger partial charge is 0.489 e. The first kappa shape index (κ1) is 31.1. The molecule has 1 saturated carbocycles. The molecule has 1 aliphatic heterocycles. The third-order valence-electron chi connectivity index (χ3n) is 8.38. The second-order valence-corrected chi connectivity index (χ2v) is 12.1. The van der Waals surface area contributed by atoms with E-state index in [4.69, 9.17) is 27.8 Å². The van der Waals surface area contributed by atoms with E-state index in [9.17, 15) is 19.1 Å². The lowest BCUT2D eigenvalue weighted by molar-refractivity contribution is -0.123. The van der Waals surface area contributed by atoms with Gasteiger partial charge in [-0.1, -0.05) is 41.9 Å². The van der Waals surface area contributed by atoms with E-state index >= 15 is 4.39 Å². The highest BCUT2D eigenvalue weighted by molar-refractivity contribution is 6.31. The van der Waals surface area contributed by atoms with Crippen LogP contribution in [-0.4, -0.2) is 47.3 Å². The van der Waals surface area contributed by atoms with Gasteiger partial charge in [-0.25, -0.2) is 13.8 Å². The van der Waals surface area contributed by atoms with Crippen molar-refractivity contribution >= 4 is 35.3 Å². The van der Waals surface area contributed by atoms with Crippen molar-refractivity contribution in [3.63, 3.8) is 0 Å². The summed E-state index contributed by atoms with van der Waals surface area (Å²) in [5.74, 6) is -3.18. The zero-order valence-corrected chi connectivity index (χ0v) is 25.4. The topological polar surface area (TPSA) is 153 Å². The summed E-state index contributed by atoms with van der Waals surface area (Å²) >= 11 is 6.02. The molecule has 1 aromatic heterocycles. The van der Waals surface area contributed by atoms with Crippen LogP contribution in [0.4, 0.5) is 14.5 Å². The van der Waals surface area contributed by atoms with Crippen molar-refractivity contribution < 1.29 is 28.2 Å². The van der Waals surface area contributed by atoms with Crippen LogP contribution in [0.25, 0.3) is 11.3 Å². The quantitative estimate of drug-likeness (QED) is 0.118. The van der Waals surface area contributed by atoms with Crippen molar-refractivity contribution in [2.75, 3.05) is 18.9 Å². The average Bonchev–Trinajstić information content (AvgIpc) is 3.82. The highest BCUT2D eigenvalue weighted by Gasteiger charge is 2.46. The van der Waals surface area contributed by atoms with Crippen LogP contribution in [0.2, 0.25) is 5.02 Å². The first-order chi connectivity index (χ1) is 21.9. The molecule has 0 bridgehead atoms. The van der Waals surface area contributed by atoms with Crippen LogP contribution >= 0.6 is 11.6 Å². The molecular formula is C34H30ClF2N5O4. The van der Waals surface area contributed by atoms with Crippen LogP contribution in [-0.2, 0) is 15.8 Å². The Bertz CT molecular complexity index is 1900. The highest BCUT2D eigenvalue weighted by atomic mass is 35.5. The van der Waals surface area contributed by atoms with Crippen molar-refractivity contribution in [2.45, 2.75) is 36.8 Å². The van der Waals surface area contributed by atoms with Gasteiger partial charge in [-0.15, -0.1) is 0 Å². The van der Waals surface area contributed by atoms with Crippen LogP contribution in [0, 0.1) is 11.6 Å². The number of ether oxygens (including phenoxy) is 1. The molecule has 1 aliphatic carbocycles. The summed E-state index contributed by atoms with van der Waals surface area (Å²) in [6.07, 6.45) is 3.68. The Balaban J connectivity index is 1.45. The van der Waals surface area contributed by atoms with Crippen LogP contribution in [0.1, 0.15) is 52.5 Å². The molecule has 0 radical (unpaired) electrons. The van der Waals surface area contributed by atoms with Crippen LogP contribution < -0.4 is 21.5 Å².